The van der Waals surface area contributed by atoms with Crippen molar-refractivity contribution >= 4 is 22.9 Å². The summed E-state index contributed by atoms with van der Waals surface area (Å²) in [6, 6.07) is 4.69. The molecule has 0 radical (unpaired) electrons. The van der Waals surface area contributed by atoms with Gasteiger partial charge in [-0.25, -0.2) is 9.48 Å². The summed E-state index contributed by atoms with van der Waals surface area (Å²) in [5, 5.41) is 19.5. The molecule has 0 fully saturated rings. The number of nitrogens with zero attached hydrogens (tertiary/aromatic N) is 3. The molecule has 20 heavy (non-hydrogen) atoms. The molecular weight excluding hydrogens is 264 g/mol. The maximum Gasteiger partial charge on any atom is 0.337 e. The standard InChI is InChI=1S/C12H14N4O4/c1-20-6-5-13-10(17)7-16-11-8(12(18)19)3-2-4-9(11)14-15-16/h2-4H,5-7H2,1H3,(H,13,17)(H,18,19). The number of ether oxygens (including phenoxy) is 1. The molecule has 0 aliphatic heterocycles. The summed E-state index contributed by atoms with van der Waals surface area (Å²) in [7, 11) is 1.54. The van der Waals surface area contributed by atoms with Gasteiger partial charge in [0.2, 0.25) is 5.91 Å². The minimum Gasteiger partial charge on any atom is -0.478 e. The highest BCUT2D eigenvalue weighted by atomic mass is 16.5. The van der Waals surface area contributed by atoms with Gasteiger partial charge in [0.1, 0.15) is 17.6 Å². The number of methoxy groups -OCH3 is 1. The number of aromatic carboxylic acids is 1. The molecule has 0 aliphatic carbocycles. The van der Waals surface area contributed by atoms with Crippen molar-refractivity contribution < 1.29 is 19.4 Å². The van der Waals surface area contributed by atoms with Crippen LogP contribution in [0.2, 0.25) is 0 Å². The topological polar surface area (TPSA) is 106 Å². The summed E-state index contributed by atoms with van der Waals surface area (Å²) in [5.74, 6) is -1.37. The van der Waals surface area contributed by atoms with Crippen molar-refractivity contribution in [3.63, 3.8) is 0 Å². The highest BCUT2D eigenvalue weighted by Crippen LogP contribution is 2.16. The van der Waals surface area contributed by atoms with Crippen LogP contribution in [0.5, 0.6) is 0 Å². The molecule has 0 atom stereocenters. The third-order valence-electron chi connectivity index (χ3n) is 2.69. The largest absolute Gasteiger partial charge is 0.478 e. The van der Waals surface area contributed by atoms with E-state index in [0.29, 0.717) is 24.2 Å². The van der Waals surface area contributed by atoms with Crippen molar-refractivity contribution in [2.24, 2.45) is 0 Å². The van der Waals surface area contributed by atoms with Crippen LogP contribution < -0.4 is 5.32 Å². The van der Waals surface area contributed by atoms with Crippen LogP contribution >= 0.6 is 0 Å². The lowest BCUT2D eigenvalue weighted by molar-refractivity contribution is -0.122. The van der Waals surface area contributed by atoms with E-state index >= 15 is 0 Å². The second-order valence-electron chi connectivity index (χ2n) is 4.07. The Bertz CT molecular complexity index is 637. The molecule has 0 unspecified atom stereocenters. The fourth-order valence-electron chi connectivity index (χ4n) is 1.80. The number of amides is 1. The van der Waals surface area contributed by atoms with Gasteiger partial charge >= 0.3 is 5.97 Å². The van der Waals surface area contributed by atoms with Crippen LogP contribution in [0.15, 0.2) is 18.2 Å². The number of carbonyl (C=O) groups excluding carboxylic acids is 1. The summed E-state index contributed by atoms with van der Waals surface area (Å²) in [5.41, 5.74) is 0.841. The molecule has 2 N–H and O–H groups in total. The quantitative estimate of drug-likeness (QED) is 0.714. The third kappa shape index (κ3) is 2.91. The number of aromatic nitrogens is 3. The lowest BCUT2D eigenvalue weighted by Crippen LogP contribution is -2.30. The van der Waals surface area contributed by atoms with E-state index in [-0.39, 0.29) is 18.0 Å². The van der Waals surface area contributed by atoms with E-state index < -0.39 is 5.97 Å². The summed E-state index contributed by atoms with van der Waals surface area (Å²) in [4.78, 5) is 22.9. The minimum absolute atomic E-state index is 0.0668. The van der Waals surface area contributed by atoms with Gasteiger partial charge < -0.3 is 15.2 Å². The molecule has 0 aliphatic rings. The van der Waals surface area contributed by atoms with Gasteiger partial charge in [0.25, 0.3) is 0 Å². The van der Waals surface area contributed by atoms with Gasteiger partial charge in [0.15, 0.2) is 0 Å². The van der Waals surface area contributed by atoms with Crippen molar-refractivity contribution in [3.8, 4) is 0 Å². The van der Waals surface area contributed by atoms with E-state index in [2.05, 4.69) is 15.6 Å². The fraction of sp³-hybridized carbons (Fsp3) is 0.333. The van der Waals surface area contributed by atoms with Crippen molar-refractivity contribution in [1.29, 1.82) is 0 Å². The molecule has 8 nitrogen and oxygen atoms in total. The molecule has 1 amide bonds. The van der Waals surface area contributed by atoms with Crippen molar-refractivity contribution in [3.05, 3.63) is 23.8 Å². The predicted molar refractivity (Wildman–Crippen MR) is 69.4 cm³/mol. The number of nitrogens with one attached hydrogen (secondary N) is 1. The maximum absolute atomic E-state index is 11.7. The lowest BCUT2D eigenvalue weighted by Gasteiger charge is -2.06. The van der Waals surface area contributed by atoms with Gasteiger partial charge in [-0.15, -0.1) is 5.10 Å². The van der Waals surface area contributed by atoms with E-state index in [0.717, 1.165) is 0 Å². The average molecular weight is 278 g/mol. The summed E-state index contributed by atoms with van der Waals surface area (Å²) in [6.07, 6.45) is 0. The number of fused-ring (bicyclic) bond motifs is 1. The predicted octanol–water partition coefficient (Wildman–Crippen LogP) is -0.108. The molecule has 1 heterocycles. The monoisotopic (exact) mass is 278 g/mol. The molecule has 106 valence electrons. The SMILES string of the molecule is COCCNC(=O)Cn1nnc2cccc(C(=O)O)c21. The van der Waals surface area contributed by atoms with Crippen LogP contribution in [0.1, 0.15) is 10.4 Å². The number of para-hydroxylation sites is 1. The van der Waals surface area contributed by atoms with Crippen molar-refractivity contribution in [2.45, 2.75) is 6.54 Å². The fourth-order valence-corrected chi connectivity index (χ4v) is 1.80. The molecular formula is C12H14N4O4. The smallest absolute Gasteiger partial charge is 0.337 e. The second kappa shape index (κ2) is 6.11. The summed E-state index contributed by atoms with van der Waals surface area (Å²) < 4.78 is 6.10. The first-order valence-corrected chi connectivity index (χ1v) is 5.94. The number of carboxylic acid groups (broad SMARTS) is 1. The Morgan fingerprint density at radius 2 is 2.25 bits per heavy atom. The Balaban J connectivity index is 2.22. The van der Waals surface area contributed by atoms with Crippen LogP contribution in [0.25, 0.3) is 11.0 Å². The minimum atomic E-state index is -1.08. The number of benzene rings is 1. The molecule has 0 saturated carbocycles. The van der Waals surface area contributed by atoms with Crippen molar-refractivity contribution in [2.75, 3.05) is 20.3 Å². The number of carboxylic acids is 1. The van der Waals surface area contributed by atoms with E-state index in [1.807, 2.05) is 0 Å². The molecule has 1 aromatic heterocycles. The Morgan fingerprint density at radius 3 is 2.95 bits per heavy atom. The van der Waals surface area contributed by atoms with Crippen LogP contribution in [-0.4, -0.2) is 52.2 Å². The first-order chi connectivity index (χ1) is 9.63. The zero-order chi connectivity index (χ0) is 14.5. The molecule has 2 rings (SSSR count). The average Bonchev–Trinajstić information content (AvgIpc) is 2.82. The summed E-state index contributed by atoms with van der Waals surface area (Å²) >= 11 is 0. The zero-order valence-electron chi connectivity index (χ0n) is 10.9. The van der Waals surface area contributed by atoms with Gasteiger partial charge in [0, 0.05) is 13.7 Å². The third-order valence-corrected chi connectivity index (χ3v) is 2.69. The Kier molecular flexibility index (Phi) is 4.26. The lowest BCUT2D eigenvalue weighted by atomic mass is 10.2. The maximum atomic E-state index is 11.7. The highest BCUT2D eigenvalue weighted by Gasteiger charge is 2.16. The number of hydrogen-bond donors (Lipinski definition) is 2. The van der Waals surface area contributed by atoms with Gasteiger partial charge in [-0.3, -0.25) is 4.79 Å². The van der Waals surface area contributed by atoms with E-state index in [4.69, 9.17) is 9.84 Å². The number of rotatable bonds is 6. The molecule has 1 aromatic carbocycles. The first kappa shape index (κ1) is 13.9. The van der Waals surface area contributed by atoms with Crippen LogP contribution in [0.3, 0.4) is 0 Å². The Labute approximate surface area is 114 Å². The molecule has 2 aromatic rings. The first-order valence-electron chi connectivity index (χ1n) is 5.94. The van der Waals surface area contributed by atoms with Gasteiger partial charge in [-0.05, 0) is 12.1 Å². The molecule has 0 bridgehead atoms. The van der Waals surface area contributed by atoms with E-state index in [9.17, 15) is 9.59 Å². The second-order valence-corrected chi connectivity index (χ2v) is 4.07. The number of hydrogen-bond acceptors (Lipinski definition) is 5. The molecule has 8 heteroatoms. The highest BCUT2D eigenvalue weighted by molar-refractivity contribution is 6.01. The van der Waals surface area contributed by atoms with Gasteiger partial charge in [0.05, 0.1) is 12.2 Å². The van der Waals surface area contributed by atoms with E-state index in [1.165, 1.54) is 17.9 Å². The molecule has 0 saturated heterocycles. The Hall–Kier alpha value is -2.48. The van der Waals surface area contributed by atoms with Gasteiger partial charge in [-0.2, -0.15) is 0 Å². The van der Waals surface area contributed by atoms with Crippen LogP contribution in [0.4, 0.5) is 0 Å². The van der Waals surface area contributed by atoms with Crippen molar-refractivity contribution in [1.82, 2.24) is 20.3 Å². The summed E-state index contributed by atoms with van der Waals surface area (Å²) in [6.45, 7) is 0.697. The number of carbonyl (C=O) groups is 2. The zero-order valence-corrected chi connectivity index (χ0v) is 10.9. The van der Waals surface area contributed by atoms with Crippen LogP contribution in [0, 0.1) is 0 Å². The van der Waals surface area contributed by atoms with E-state index in [1.54, 1.807) is 12.1 Å². The van der Waals surface area contributed by atoms with Gasteiger partial charge in [-0.1, -0.05) is 11.3 Å². The Morgan fingerprint density at radius 1 is 1.45 bits per heavy atom. The normalized spacial score (nSPS) is 10.7. The molecule has 0 spiro atoms. The van der Waals surface area contributed by atoms with Crippen LogP contribution in [-0.2, 0) is 16.1 Å².